The topological polar surface area (TPSA) is 0 Å². The largest absolute Gasteiger partial charge is 0.148 e. The standard InChI is InChI=1S/C14H16SSi/c1-16(2,14-11-7-4-8-12-14)15-13-9-5-3-6-10-13/h3-12H,1-2H3. The lowest BCUT2D eigenvalue weighted by molar-refractivity contribution is 1.47. The molecule has 2 aromatic carbocycles. The van der Waals surface area contributed by atoms with E-state index in [-0.39, 0.29) is 0 Å². The quantitative estimate of drug-likeness (QED) is 0.738. The molecule has 0 aliphatic heterocycles. The molecule has 0 aromatic heterocycles. The highest BCUT2D eigenvalue weighted by Gasteiger charge is 2.24. The van der Waals surface area contributed by atoms with Crippen molar-refractivity contribution in [3.05, 3.63) is 60.7 Å². The fourth-order valence-electron chi connectivity index (χ4n) is 1.68. The molecule has 0 aliphatic rings. The Morgan fingerprint density at radius 2 is 1.25 bits per heavy atom. The number of benzene rings is 2. The molecule has 0 heterocycles. The van der Waals surface area contributed by atoms with Crippen LogP contribution in [0.2, 0.25) is 13.1 Å². The lowest BCUT2D eigenvalue weighted by Gasteiger charge is -2.22. The van der Waals surface area contributed by atoms with Crippen molar-refractivity contribution in [2.45, 2.75) is 18.0 Å². The molecule has 0 radical (unpaired) electrons. The van der Waals surface area contributed by atoms with E-state index in [0.29, 0.717) is 0 Å². The molecule has 2 rings (SSSR count). The summed E-state index contributed by atoms with van der Waals surface area (Å²) in [6, 6.07) is 21.5. The molecule has 16 heavy (non-hydrogen) atoms. The maximum Gasteiger partial charge on any atom is 0.148 e. The van der Waals surface area contributed by atoms with E-state index in [4.69, 9.17) is 0 Å². The predicted octanol–water partition coefficient (Wildman–Crippen LogP) is 3.89. The van der Waals surface area contributed by atoms with Crippen LogP contribution in [0.5, 0.6) is 0 Å². The fraction of sp³-hybridized carbons (Fsp3) is 0.143. The van der Waals surface area contributed by atoms with Crippen LogP contribution >= 0.6 is 11.2 Å². The summed E-state index contributed by atoms with van der Waals surface area (Å²) in [4.78, 5) is 1.38. The second kappa shape index (κ2) is 4.89. The smallest absolute Gasteiger partial charge is 0.146 e. The third-order valence-electron chi connectivity index (χ3n) is 2.59. The molecular weight excluding hydrogens is 228 g/mol. The Balaban J connectivity index is 2.21. The van der Waals surface area contributed by atoms with Gasteiger partial charge < -0.3 is 0 Å². The first-order valence-electron chi connectivity index (χ1n) is 5.48. The van der Waals surface area contributed by atoms with Gasteiger partial charge in [-0.25, -0.2) is 0 Å². The minimum absolute atomic E-state index is 1.38. The van der Waals surface area contributed by atoms with E-state index in [1.54, 1.807) is 0 Å². The van der Waals surface area contributed by atoms with Crippen molar-refractivity contribution >= 4 is 23.6 Å². The summed E-state index contributed by atoms with van der Waals surface area (Å²) in [5.74, 6) is 0. The van der Waals surface area contributed by atoms with Crippen molar-refractivity contribution in [2.75, 3.05) is 0 Å². The van der Waals surface area contributed by atoms with Crippen molar-refractivity contribution in [1.82, 2.24) is 0 Å². The minimum atomic E-state index is -1.40. The molecule has 0 N–H and O–H groups in total. The molecule has 0 spiro atoms. The monoisotopic (exact) mass is 244 g/mol. The maximum atomic E-state index is 2.40. The first-order chi connectivity index (χ1) is 7.68. The van der Waals surface area contributed by atoms with Crippen LogP contribution in [0.4, 0.5) is 0 Å². The van der Waals surface area contributed by atoms with Gasteiger partial charge in [0.1, 0.15) is 7.22 Å². The Labute approximate surface area is 102 Å². The molecule has 0 bridgehead atoms. The maximum absolute atomic E-state index is 2.40. The summed E-state index contributed by atoms with van der Waals surface area (Å²) < 4.78 is 0. The van der Waals surface area contributed by atoms with Crippen LogP contribution in [-0.2, 0) is 0 Å². The Morgan fingerprint density at radius 1 is 0.750 bits per heavy atom. The van der Waals surface area contributed by atoms with Gasteiger partial charge in [-0.1, -0.05) is 61.6 Å². The van der Waals surface area contributed by atoms with Crippen LogP contribution in [0.25, 0.3) is 0 Å². The van der Waals surface area contributed by atoms with Gasteiger partial charge in [0, 0.05) is 4.90 Å². The third-order valence-corrected chi connectivity index (χ3v) is 8.27. The summed E-state index contributed by atoms with van der Waals surface area (Å²) in [6.07, 6.45) is 0. The molecule has 2 heteroatoms. The van der Waals surface area contributed by atoms with Crippen LogP contribution in [0, 0.1) is 0 Å². The normalized spacial score (nSPS) is 11.4. The van der Waals surface area contributed by atoms with E-state index in [1.807, 2.05) is 11.2 Å². The molecule has 0 amide bonds. The Bertz CT molecular complexity index is 437. The van der Waals surface area contributed by atoms with E-state index >= 15 is 0 Å². The molecular formula is C14H16SSi. The first-order valence-corrected chi connectivity index (χ1v) is 10.0. The molecule has 0 fully saturated rings. The average molecular weight is 244 g/mol. The zero-order valence-electron chi connectivity index (χ0n) is 9.68. The van der Waals surface area contributed by atoms with Crippen LogP contribution in [0.1, 0.15) is 0 Å². The fourth-order valence-corrected chi connectivity index (χ4v) is 6.61. The Morgan fingerprint density at radius 3 is 1.81 bits per heavy atom. The van der Waals surface area contributed by atoms with Crippen LogP contribution in [-0.4, -0.2) is 7.22 Å². The Kier molecular flexibility index (Phi) is 3.51. The van der Waals surface area contributed by atoms with Crippen LogP contribution in [0.3, 0.4) is 0 Å². The van der Waals surface area contributed by atoms with Crippen LogP contribution in [0.15, 0.2) is 65.6 Å². The highest BCUT2D eigenvalue weighted by atomic mass is 32.4. The van der Waals surface area contributed by atoms with Crippen molar-refractivity contribution in [3.63, 3.8) is 0 Å². The van der Waals surface area contributed by atoms with Crippen molar-refractivity contribution in [3.8, 4) is 0 Å². The summed E-state index contributed by atoms with van der Waals surface area (Å²) in [5.41, 5.74) is 0. The van der Waals surface area contributed by atoms with Gasteiger partial charge in [0.2, 0.25) is 0 Å². The van der Waals surface area contributed by atoms with E-state index in [0.717, 1.165) is 0 Å². The van der Waals surface area contributed by atoms with E-state index < -0.39 is 7.22 Å². The van der Waals surface area contributed by atoms with Gasteiger partial charge in [-0.05, 0) is 17.3 Å². The first kappa shape index (κ1) is 11.5. The van der Waals surface area contributed by atoms with Gasteiger partial charge in [0.05, 0.1) is 0 Å². The summed E-state index contributed by atoms with van der Waals surface area (Å²) >= 11 is 2.04. The van der Waals surface area contributed by atoms with Crippen molar-refractivity contribution < 1.29 is 0 Å². The summed E-state index contributed by atoms with van der Waals surface area (Å²) in [5, 5.41) is 1.50. The summed E-state index contributed by atoms with van der Waals surface area (Å²) in [6.45, 7) is 4.81. The Hall–Kier alpha value is -0.993. The lowest BCUT2D eigenvalue weighted by atomic mass is 10.4. The molecule has 0 nitrogen and oxygen atoms in total. The molecule has 0 unspecified atom stereocenters. The predicted molar refractivity (Wildman–Crippen MR) is 75.9 cm³/mol. The number of rotatable bonds is 3. The molecule has 0 saturated carbocycles. The molecule has 0 atom stereocenters. The van der Waals surface area contributed by atoms with Gasteiger partial charge in [-0.15, -0.1) is 11.2 Å². The van der Waals surface area contributed by atoms with E-state index in [1.165, 1.54) is 10.1 Å². The van der Waals surface area contributed by atoms with Gasteiger partial charge in [0.25, 0.3) is 0 Å². The molecule has 2 aromatic rings. The zero-order chi connectivity index (χ0) is 11.4. The molecule has 0 aliphatic carbocycles. The van der Waals surface area contributed by atoms with Crippen LogP contribution < -0.4 is 5.19 Å². The number of hydrogen-bond acceptors (Lipinski definition) is 1. The average Bonchev–Trinajstić information content (AvgIpc) is 2.31. The second-order valence-corrected chi connectivity index (χ2v) is 12.2. The van der Waals surface area contributed by atoms with Crippen molar-refractivity contribution in [1.29, 1.82) is 0 Å². The third kappa shape index (κ3) is 2.77. The highest BCUT2D eigenvalue weighted by molar-refractivity contribution is 8.30. The van der Waals surface area contributed by atoms with E-state index in [9.17, 15) is 0 Å². The SMILES string of the molecule is C[Si](C)(Sc1ccccc1)c1ccccc1. The zero-order valence-corrected chi connectivity index (χ0v) is 11.5. The molecule has 82 valence electrons. The van der Waals surface area contributed by atoms with Gasteiger partial charge in [-0.3, -0.25) is 0 Å². The van der Waals surface area contributed by atoms with Gasteiger partial charge in [-0.2, -0.15) is 0 Å². The summed E-state index contributed by atoms with van der Waals surface area (Å²) in [7, 11) is -1.40. The second-order valence-electron chi connectivity index (χ2n) is 4.29. The van der Waals surface area contributed by atoms with E-state index in [2.05, 4.69) is 73.8 Å². The van der Waals surface area contributed by atoms with Crippen molar-refractivity contribution in [2.24, 2.45) is 0 Å². The minimum Gasteiger partial charge on any atom is -0.146 e. The molecule has 0 saturated heterocycles. The highest BCUT2D eigenvalue weighted by Crippen LogP contribution is 2.28. The van der Waals surface area contributed by atoms with Gasteiger partial charge in [0.15, 0.2) is 0 Å². The lowest BCUT2D eigenvalue weighted by Crippen LogP contribution is -2.37. The van der Waals surface area contributed by atoms with Gasteiger partial charge >= 0.3 is 0 Å². The number of hydrogen-bond donors (Lipinski definition) is 0.